The van der Waals surface area contributed by atoms with Gasteiger partial charge in [0, 0.05) is 48.4 Å². The number of aromatic hydroxyl groups is 2. The molecule has 2 fully saturated rings. The van der Waals surface area contributed by atoms with Crippen molar-refractivity contribution in [2.24, 2.45) is 5.16 Å². The Morgan fingerprint density at radius 2 is 1.87 bits per heavy atom. The number of rotatable bonds is 14. The van der Waals surface area contributed by atoms with Gasteiger partial charge >= 0.3 is 17.9 Å². The monoisotopic (exact) mass is 807 g/mol. The lowest BCUT2D eigenvalue weighted by atomic mass is 9.99. The van der Waals surface area contributed by atoms with Crippen LogP contribution in [-0.4, -0.2) is 142 Å². The molecule has 2 aromatic rings. The molecule has 22 heteroatoms. The first-order valence-corrected chi connectivity index (χ1v) is 18.7. The van der Waals surface area contributed by atoms with E-state index >= 15 is 0 Å². The zero-order valence-electron chi connectivity index (χ0n) is 29.4. The average Bonchev–Trinajstić information content (AvgIpc) is 3.45. The van der Waals surface area contributed by atoms with Crippen molar-refractivity contribution in [3.8, 4) is 11.5 Å². The summed E-state index contributed by atoms with van der Waals surface area (Å²) in [7, 11) is 0. The number of thioether (sulfide) groups is 1. The number of carboxylic acids is 3. The first-order chi connectivity index (χ1) is 26.0. The highest BCUT2D eigenvalue weighted by Crippen LogP contribution is 2.44. The fourth-order valence-corrected chi connectivity index (χ4v) is 8.51. The Labute approximate surface area is 320 Å². The van der Waals surface area contributed by atoms with Gasteiger partial charge in [-0.15, -0.1) is 23.1 Å². The molecule has 1 aromatic carbocycles. The number of carboxylic acid groups (broad SMARTS) is 3. The van der Waals surface area contributed by atoms with Crippen LogP contribution in [0, 0.1) is 5.82 Å². The maximum Gasteiger partial charge on any atom is 0.352 e. The number of aliphatic carboxylic acids is 3. The number of amides is 3. The zero-order valence-corrected chi connectivity index (χ0v) is 31.0. The Kier molecular flexibility index (Phi) is 12.5. The third-order valence-corrected chi connectivity index (χ3v) is 11.4. The van der Waals surface area contributed by atoms with Gasteiger partial charge in [-0.3, -0.25) is 29.0 Å². The minimum atomic E-state index is -1.96. The van der Waals surface area contributed by atoms with Gasteiger partial charge in [-0.1, -0.05) is 18.5 Å². The third-order valence-electron chi connectivity index (χ3n) is 9.24. The number of β-lactam (4-membered cyclic amide) rings is 1. The Bertz CT molecular complexity index is 1930. The van der Waals surface area contributed by atoms with E-state index in [1.54, 1.807) is 11.8 Å². The number of halogens is 1. The summed E-state index contributed by atoms with van der Waals surface area (Å²) in [6.07, 6.45) is -1.10. The lowest BCUT2D eigenvalue weighted by Gasteiger charge is -2.51. The molecule has 19 nitrogen and oxygen atoms in total. The normalized spacial score (nSPS) is 22.3. The smallest absolute Gasteiger partial charge is 0.352 e. The summed E-state index contributed by atoms with van der Waals surface area (Å²) in [6.45, 7) is 4.77. The average molecular weight is 808 g/mol. The van der Waals surface area contributed by atoms with Gasteiger partial charge in [0.25, 0.3) is 17.7 Å². The number of hydrogen-bond donors (Lipinski definition) is 7. The molecule has 0 radical (unpaired) electrons. The number of phenols is 2. The SMILES string of the molecule is CCCC1CCN(CC2=C(C(=O)O)N3C(=O)[C@@H](NC(=O)/C(=N\O[C@@H](CC(=O)O)C(=O)O)c4csc(N)n4)[C@H]3S[C@H]2C)CCN1C(=O)c1cc(O)c(O)c(F)c1. The van der Waals surface area contributed by atoms with Gasteiger partial charge in [0.05, 0.1) is 6.42 Å². The second-order valence-corrected chi connectivity index (χ2v) is 15.2. The van der Waals surface area contributed by atoms with Crippen LogP contribution in [0.2, 0.25) is 0 Å². The number of thiazole rings is 1. The van der Waals surface area contributed by atoms with Crippen LogP contribution in [0.4, 0.5) is 9.52 Å². The van der Waals surface area contributed by atoms with Crippen LogP contribution >= 0.6 is 23.1 Å². The number of nitrogens with one attached hydrogen (secondary N) is 1. The van der Waals surface area contributed by atoms with E-state index in [4.69, 9.17) is 15.7 Å². The molecule has 0 saturated carbocycles. The molecule has 3 amide bonds. The van der Waals surface area contributed by atoms with Crippen LogP contribution in [0.1, 0.15) is 55.6 Å². The highest BCUT2D eigenvalue weighted by atomic mass is 32.2. The maximum atomic E-state index is 14.2. The second-order valence-electron chi connectivity index (χ2n) is 12.9. The molecule has 8 N–H and O–H groups in total. The van der Waals surface area contributed by atoms with Crippen molar-refractivity contribution in [2.45, 2.75) is 68.3 Å². The Morgan fingerprint density at radius 3 is 2.47 bits per heavy atom. The molecule has 0 spiro atoms. The molecule has 296 valence electrons. The predicted molar refractivity (Wildman–Crippen MR) is 193 cm³/mol. The molecule has 3 aliphatic rings. The number of anilines is 1. The highest BCUT2D eigenvalue weighted by Gasteiger charge is 2.56. The molecule has 0 aliphatic carbocycles. The van der Waals surface area contributed by atoms with Crippen LogP contribution in [0.3, 0.4) is 0 Å². The third kappa shape index (κ3) is 8.75. The molecular weight excluding hydrogens is 770 g/mol. The van der Waals surface area contributed by atoms with Crippen LogP contribution in [0.5, 0.6) is 11.5 Å². The molecule has 55 heavy (non-hydrogen) atoms. The van der Waals surface area contributed by atoms with Crippen LogP contribution < -0.4 is 11.1 Å². The zero-order chi connectivity index (χ0) is 40.3. The lowest BCUT2D eigenvalue weighted by Crippen LogP contribution is -2.71. The first-order valence-electron chi connectivity index (χ1n) is 16.9. The van der Waals surface area contributed by atoms with E-state index in [0.717, 1.165) is 34.8 Å². The minimum absolute atomic E-state index is 0.0137. The number of benzene rings is 1. The Balaban J connectivity index is 1.33. The van der Waals surface area contributed by atoms with Crippen molar-refractivity contribution in [3.05, 3.63) is 45.9 Å². The number of phenolic OH excluding ortho intramolecular Hbond substituents is 2. The summed E-state index contributed by atoms with van der Waals surface area (Å²) in [5.74, 6) is -9.74. The number of carbonyl (C=O) groups is 6. The van der Waals surface area contributed by atoms with Crippen molar-refractivity contribution in [1.29, 1.82) is 0 Å². The summed E-state index contributed by atoms with van der Waals surface area (Å²) in [6, 6.07) is 0.353. The fourth-order valence-electron chi connectivity index (χ4n) is 6.52. The highest BCUT2D eigenvalue weighted by molar-refractivity contribution is 8.00. The van der Waals surface area contributed by atoms with Gasteiger partial charge in [-0.05, 0) is 37.5 Å². The Hall–Kier alpha value is -5.48. The summed E-state index contributed by atoms with van der Waals surface area (Å²) < 4.78 is 14.2. The van der Waals surface area contributed by atoms with E-state index in [2.05, 4.69) is 15.5 Å². The number of carbonyl (C=O) groups excluding carboxylic acids is 3. The number of aromatic nitrogens is 1. The van der Waals surface area contributed by atoms with Crippen LogP contribution in [0.25, 0.3) is 0 Å². The largest absolute Gasteiger partial charge is 0.504 e. The van der Waals surface area contributed by atoms with Crippen molar-refractivity contribution in [1.82, 2.24) is 25.0 Å². The summed E-state index contributed by atoms with van der Waals surface area (Å²) in [5.41, 5.74) is 4.99. The minimum Gasteiger partial charge on any atom is -0.504 e. The molecule has 1 aromatic heterocycles. The van der Waals surface area contributed by atoms with Gasteiger partial charge in [0.1, 0.15) is 22.8 Å². The Morgan fingerprint density at radius 1 is 1.15 bits per heavy atom. The first kappa shape index (κ1) is 40.7. The van der Waals surface area contributed by atoms with Crippen molar-refractivity contribution >= 4 is 69.6 Å². The number of fused-ring (bicyclic) bond motifs is 1. The van der Waals surface area contributed by atoms with Crippen molar-refractivity contribution in [2.75, 3.05) is 31.9 Å². The van der Waals surface area contributed by atoms with E-state index in [-0.39, 0.29) is 41.2 Å². The number of nitrogens with zero attached hydrogens (tertiary/aromatic N) is 5. The lowest BCUT2D eigenvalue weighted by molar-refractivity contribution is -0.156. The van der Waals surface area contributed by atoms with E-state index in [1.165, 1.54) is 17.1 Å². The van der Waals surface area contributed by atoms with E-state index in [1.807, 2.05) is 11.8 Å². The molecule has 2 saturated heterocycles. The fraction of sp³-hybridized carbons (Fsp3) is 0.455. The number of hydrogen-bond acceptors (Lipinski definition) is 15. The van der Waals surface area contributed by atoms with Gasteiger partial charge in [0.15, 0.2) is 28.2 Å². The number of nitrogen functional groups attached to an aromatic ring is 1. The van der Waals surface area contributed by atoms with Gasteiger partial charge in [0.2, 0.25) is 6.10 Å². The van der Waals surface area contributed by atoms with Gasteiger partial charge in [-0.25, -0.2) is 19.0 Å². The molecular formula is C33H38FN7O12S2. The maximum absolute atomic E-state index is 14.2. The number of nitrogens with two attached hydrogens (primary N) is 1. The van der Waals surface area contributed by atoms with Crippen LogP contribution in [0.15, 0.2) is 33.9 Å². The molecule has 0 bridgehead atoms. The molecule has 3 aliphatic heterocycles. The van der Waals surface area contributed by atoms with E-state index < -0.39 is 87.8 Å². The number of oxime groups is 1. The van der Waals surface area contributed by atoms with E-state index in [0.29, 0.717) is 31.5 Å². The van der Waals surface area contributed by atoms with Crippen molar-refractivity contribution < 1.29 is 63.5 Å². The molecule has 1 unspecified atom stereocenters. The van der Waals surface area contributed by atoms with Crippen LogP contribution in [-0.2, 0) is 28.8 Å². The second kappa shape index (κ2) is 16.9. The summed E-state index contributed by atoms with van der Waals surface area (Å²) in [5, 5.41) is 54.3. The summed E-state index contributed by atoms with van der Waals surface area (Å²) in [4.78, 5) is 89.4. The molecule has 5 atom stereocenters. The van der Waals surface area contributed by atoms with Gasteiger partial charge in [-0.2, -0.15) is 0 Å². The molecule has 5 rings (SSSR count). The van der Waals surface area contributed by atoms with Crippen molar-refractivity contribution in [3.63, 3.8) is 0 Å². The van der Waals surface area contributed by atoms with E-state index in [9.17, 15) is 53.6 Å². The summed E-state index contributed by atoms with van der Waals surface area (Å²) >= 11 is 2.14. The quantitative estimate of drug-likeness (QED) is 0.0608. The molecule has 4 heterocycles. The predicted octanol–water partition coefficient (Wildman–Crippen LogP) is 1.07. The standard InChI is InChI=1S/C33H38FN7O12S2/c1-3-4-16-5-6-39(7-8-40(16)28(47)15-9-18(34)26(45)20(42)10-15)12-17-14(2)55-30-24(29(48)41(30)25(17)32(51)52)37-27(46)23(19-13-54-33(35)36-19)38-53-21(31(49)50)11-22(43)44/h9-10,13-14,16,21,24,30,42,45H,3-8,11-12H2,1-2H3,(H2,35,36)(H,37,46)(H,43,44)(H,49,50)(H,51,52)/b38-23-/t14-,16?,21-,24+,30+/m0/s1. The van der Waals surface area contributed by atoms with Gasteiger partial charge < -0.3 is 46.3 Å². The topological polar surface area (TPSA) is 286 Å².